The summed E-state index contributed by atoms with van der Waals surface area (Å²) < 4.78 is 11.3. The molecule has 0 radical (unpaired) electrons. The summed E-state index contributed by atoms with van der Waals surface area (Å²) in [6.45, 7) is 12.1. The van der Waals surface area contributed by atoms with Crippen molar-refractivity contribution in [3.05, 3.63) is 23.8 Å². The topological polar surface area (TPSA) is 61.5 Å². The van der Waals surface area contributed by atoms with Crippen LogP contribution in [0, 0.1) is 0 Å². The second kappa shape index (κ2) is 5.38. The Kier molecular flexibility index (Phi) is 4.47. The zero-order valence-electron chi connectivity index (χ0n) is 12.5. The van der Waals surface area contributed by atoms with Gasteiger partial charge < -0.3 is 14.6 Å². The molecule has 0 saturated heterocycles. The van der Waals surface area contributed by atoms with Crippen molar-refractivity contribution >= 4 is 28.3 Å². The molecule has 0 saturated carbocycles. The minimum Gasteiger partial charge on any atom is -0.543 e. The van der Waals surface area contributed by atoms with E-state index < -0.39 is 16.6 Å². The van der Waals surface area contributed by atoms with Crippen molar-refractivity contribution in [1.82, 2.24) is 0 Å². The Labute approximate surface area is 117 Å². The van der Waals surface area contributed by atoms with Gasteiger partial charge in [-0.2, -0.15) is 0 Å². The summed E-state index contributed by atoms with van der Waals surface area (Å²) in [6, 6.07) is 5.24. The zero-order valence-corrected chi connectivity index (χ0v) is 14.5. The van der Waals surface area contributed by atoms with E-state index in [1.54, 1.807) is 18.2 Å². The lowest BCUT2D eigenvalue weighted by atomic mass is 10.2. The second-order valence-corrected chi connectivity index (χ2v) is 15.3. The van der Waals surface area contributed by atoms with E-state index >= 15 is 0 Å². The highest BCUT2D eigenvalue weighted by Crippen LogP contribution is 2.28. The van der Waals surface area contributed by atoms with Crippen molar-refractivity contribution in [3.8, 4) is 5.75 Å². The third kappa shape index (κ3) is 5.08. The quantitative estimate of drug-likeness (QED) is 0.683. The first-order valence-electron chi connectivity index (χ1n) is 6.30. The lowest BCUT2D eigenvalue weighted by Gasteiger charge is -2.22. The molecule has 0 unspecified atom stereocenters. The van der Waals surface area contributed by atoms with Gasteiger partial charge in [0.2, 0.25) is 16.6 Å². The van der Waals surface area contributed by atoms with Crippen LogP contribution < -0.4 is 10.2 Å². The van der Waals surface area contributed by atoms with Gasteiger partial charge >= 0.3 is 5.97 Å². The number of carbonyl (C=O) groups excluding carboxylic acids is 1. The molecule has 1 rings (SSSR count). The molecule has 0 bridgehead atoms. The minimum atomic E-state index is -1.93. The number of para-hydroxylation sites is 1. The van der Waals surface area contributed by atoms with E-state index in [1.165, 1.54) is 0 Å². The Morgan fingerprint density at radius 2 is 1.63 bits per heavy atom. The fraction of sp³-hybridized carbons (Fsp3) is 0.462. The average Bonchev–Trinajstić information content (AvgIpc) is 2.16. The Bertz CT molecular complexity index is 476. The van der Waals surface area contributed by atoms with Crippen LogP contribution in [0.2, 0.25) is 39.3 Å². The summed E-state index contributed by atoms with van der Waals surface area (Å²) in [4.78, 5) is 12.1. The molecule has 0 aliphatic carbocycles. The summed E-state index contributed by atoms with van der Waals surface area (Å²) in [5.74, 6) is 0.210. The normalized spacial score (nSPS) is 12.1. The first kappa shape index (κ1) is 15.8. The van der Waals surface area contributed by atoms with E-state index in [-0.39, 0.29) is 5.97 Å². The number of hydrogen-bond acceptors (Lipinski definition) is 4. The van der Waals surface area contributed by atoms with E-state index in [4.69, 9.17) is 14.6 Å². The van der Waals surface area contributed by atoms with Crippen LogP contribution in [0.5, 0.6) is 5.75 Å². The molecule has 0 amide bonds. The molecule has 0 fully saturated rings. The van der Waals surface area contributed by atoms with Crippen LogP contribution in [-0.2, 0) is 4.43 Å². The van der Waals surface area contributed by atoms with Gasteiger partial charge in [0.15, 0.2) is 0 Å². The highest BCUT2D eigenvalue weighted by molar-refractivity contribution is 6.71. The monoisotopic (exact) mass is 297 g/mol. The number of rotatable bonds is 4. The molecule has 0 spiro atoms. The van der Waals surface area contributed by atoms with Gasteiger partial charge in [-0.3, -0.25) is 0 Å². The fourth-order valence-electron chi connectivity index (χ4n) is 1.47. The number of anilines is 1. The Hall–Kier alpha value is -1.28. The third-order valence-electron chi connectivity index (χ3n) is 2.10. The molecular weight excluding hydrogens is 274 g/mol. The summed E-state index contributed by atoms with van der Waals surface area (Å²) >= 11 is 0. The van der Waals surface area contributed by atoms with Crippen molar-refractivity contribution in [1.29, 1.82) is 0 Å². The third-order valence-corrected chi connectivity index (χ3v) is 3.73. The van der Waals surface area contributed by atoms with Gasteiger partial charge in [-0.25, -0.2) is 4.79 Å². The van der Waals surface area contributed by atoms with Crippen LogP contribution in [0.15, 0.2) is 18.2 Å². The molecule has 1 aromatic rings. The molecule has 1 aromatic carbocycles. The van der Waals surface area contributed by atoms with Crippen LogP contribution in [0.4, 0.5) is 5.69 Å². The molecule has 0 aliphatic heterocycles. The highest BCUT2D eigenvalue weighted by atomic mass is 28.4. The van der Waals surface area contributed by atoms with E-state index in [0.717, 1.165) is 0 Å². The van der Waals surface area contributed by atoms with Crippen LogP contribution in [0.25, 0.3) is 0 Å². The zero-order chi connectivity index (χ0) is 14.8. The predicted molar refractivity (Wildman–Crippen MR) is 83.6 cm³/mol. The molecule has 0 heterocycles. The lowest BCUT2D eigenvalue weighted by molar-refractivity contribution is 0.0725. The van der Waals surface area contributed by atoms with Crippen LogP contribution >= 0.6 is 0 Å². The van der Waals surface area contributed by atoms with E-state index in [0.29, 0.717) is 17.0 Å². The largest absolute Gasteiger partial charge is 0.543 e. The molecule has 19 heavy (non-hydrogen) atoms. The number of carbonyl (C=O) groups is 1. The maximum Gasteiger partial charge on any atom is 0.327 e. The van der Waals surface area contributed by atoms with Crippen molar-refractivity contribution < 1.29 is 13.6 Å². The first-order chi connectivity index (χ1) is 8.49. The van der Waals surface area contributed by atoms with Gasteiger partial charge in [-0.15, -0.1) is 0 Å². The predicted octanol–water partition coefficient (Wildman–Crippen LogP) is 3.47. The van der Waals surface area contributed by atoms with Gasteiger partial charge in [0.1, 0.15) is 5.75 Å². The molecule has 0 aliphatic rings. The molecular formula is C13H23NO3Si2. The number of benzene rings is 1. The Balaban J connectivity index is 3.04. The molecule has 106 valence electrons. The standard InChI is InChI=1S/C13H23NO3Si2/c1-18(2,3)16-11-9-7-8-10(12(11)14)13(15)17-19(4,5)6/h7-9H,14H2,1-6H3. The summed E-state index contributed by atoms with van der Waals surface area (Å²) in [7, 11) is -3.68. The number of nitrogens with two attached hydrogens (primary N) is 1. The maximum absolute atomic E-state index is 12.1. The van der Waals surface area contributed by atoms with Crippen molar-refractivity contribution in [2.24, 2.45) is 0 Å². The molecule has 0 atom stereocenters. The maximum atomic E-state index is 12.1. The van der Waals surface area contributed by atoms with Gasteiger partial charge in [-0.05, 0) is 51.4 Å². The Morgan fingerprint density at radius 3 is 2.11 bits per heavy atom. The minimum absolute atomic E-state index is 0.363. The summed E-state index contributed by atoms with van der Waals surface area (Å²) in [5.41, 5.74) is 6.78. The summed E-state index contributed by atoms with van der Waals surface area (Å²) in [6.07, 6.45) is 0. The molecule has 4 nitrogen and oxygen atoms in total. The first-order valence-corrected chi connectivity index (χ1v) is 13.1. The van der Waals surface area contributed by atoms with Crippen LogP contribution in [0.1, 0.15) is 10.4 Å². The van der Waals surface area contributed by atoms with Crippen molar-refractivity contribution in [3.63, 3.8) is 0 Å². The Morgan fingerprint density at radius 1 is 1.05 bits per heavy atom. The molecule has 6 heteroatoms. The lowest BCUT2D eigenvalue weighted by Crippen LogP contribution is -2.31. The highest BCUT2D eigenvalue weighted by Gasteiger charge is 2.24. The van der Waals surface area contributed by atoms with Gasteiger partial charge in [0.25, 0.3) is 0 Å². The second-order valence-electron chi connectivity index (χ2n) is 6.43. The van der Waals surface area contributed by atoms with Gasteiger partial charge in [0.05, 0.1) is 11.3 Å². The van der Waals surface area contributed by atoms with Gasteiger partial charge in [-0.1, -0.05) is 6.07 Å². The summed E-state index contributed by atoms with van der Waals surface area (Å²) in [5, 5.41) is 0. The SMILES string of the molecule is C[Si](C)(C)OC(=O)c1cccc(O[Si](C)(C)C)c1N. The average molecular weight is 298 g/mol. The van der Waals surface area contributed by atoms with Crippen LogP contribution in [0.3, 0.4) is 0 Å². The van der Waals surface area contributed by atoms with Gasteiger partial charge in [0, 0.05) is 0 Å². The fourth-order valence-corrected chi connectivity index (χ4v) is 2.98. The van der Waals surface area contributed by atoms with E-state index in [9.17, 15) is 4.79 Å². The smallest absolute Gasteiger partial charge is 0.327 e. The van der Waals surface area contributed by atoms with Crippen molar-refractivity contribution in [2.45, 2.75) is 39.3 Å². The molecule has 2 N–H and O–H groups in total. The number of hydrogen-bond donors (Lipinski definition) is 1. The van der Waals surface area contributed by atoms with Crippen LogP contribution in [-0.4, -0.2) is 22.6 Å². The van der Waals surface area contributed by atoms with E-state index in [2.05, 4.69) is 19.6 Å². The number of nitrogen functional groups attached to an aromatic ring is 1. The van der Waals surface area contributed by atoms with E-state index in [1.807, 2.05) is 19.6 Å². The van der Waals surface area contributed by atoms with Crippen molar-refractivity contribution in [2.75, 3.05) is 5.73 Å². The molecule has 0 aromatic heterocycles.